The lowest BCUT2D eigenvalue weighted by Crippen LogP contribution is -2.42. The van der Waals surface area contributed by atoms with Crippen LogP contribution in [0.25, 0.3) is 0 Å². The topological polar surface area (TPSA) is 141 Å². The largest absolute Gasteiger partial charge is 0.399 e. The Morgan fingerprint density at radius 1 is 1.16 bits per heavy atom. The Labute approximate surface area is 223 Å². The number of aliphatic hydroxyl groups excluding tert-OH is 1. The minimum absolute atomic E-state index is 0.0837. The summed E-state index contributed by atoms with van der Waals surface area (Å²) in [5.41, 5.74) is 3.20. The van der Waals surface area contributed by atoms with E-state index in [1.54, 1.807) is 13.0 Å². The van der Waals surface area contributed by atoms with Crippen molar-refractivity contribution in [1.29, 1.82) is 0 Å². The smallest absolute Gasteiger partial charge is 0.270 e. The summed E-state index contributed by atoms with van der Waals surface area (Å²) in [4.78, 5) is 40.0. The number of anilines is 1. The van der Waals surface area contributed by atoms with Crippen molar-refractivity contribution in [1.82, 2.24) is 25.5 Å². The van der Waals surface area contributed by atoms with Gasteiger partial charge < -0.3 is 25.9 Å². The van der Waals surface area contributed by atoms with Gasteiger partial charge in [-0.15, -0.1) is 0 Å². The van der Waals surface area contributed by atoms with Crippen LogP contribution in [0.4, 0.5) is 5.82 Å². The van der Waals surface area contributed by atoms with Gasteiger partial charge in [0.2, 0.25) is 0 Å². The minimum atomic E-state index is -0.677. The van der Waals surface area contributed by atoms with Gasteiger partial charge in [0.15, 0.2) is 0 Å². The fraction of sp³-hybridized carbons (Fsp3) is 0.519. The zero-order valence-corrected chi connectivity index (χ0v) is 22.0. The molecule has 4 N–H and O–H groups in total. The van der Waals surface area contributed by atoms with Gasteiger partial charge in [-0.25, -0.2) is 9.97 Å². The third-order valence-corrected chi connectivity index (χ3v) is 7.05. The molecular formula is C27H37N7O4. The first-order valence-corrected chi connectivity index (χ1v) is 13.1. The van der Waals surface area contributed by atoms with Crippen LogP contribution in [0.5, 0.6) is 0 Å². The number of benzene rings is 1. The highest BCUT2D eigenvalue weighted by molar-refractivity contribution is 6.37. The van der Waals surface area contributed by atoms with Crippen molar-refractivity contribution >= 4 is 23.3 Å². The van der Waals surface area contributed by atoms with E-state index in [1.165, 1.54) is 24.6 Å². The molecule has 2 aliphatic rings. The van der Waals surface area contributed by atoms with Gasteiger partial charge in [-0.2, -0.15) is 0 Å². The number of carbonyl (C=O) groups is 2. The van der Waals surface area contributed by atoms with Crippen LogP contribution in [0, 0.1) is 0 Å². The molecule has 1 aliphatic heterocycles. The first-order chi connectivity index (χ1) is 18.4. The first kappa shape index (κ1) is 27.5. The molecule has 4 rings (SSSR count). The quantitative estimate of drug-likeness (QED) is 0.271. The summed E-state index contributed by atoms with van der Waals surface area (Å²) in [5, 5.41) is 23.3. The number of nitrogens with zero attached hydrogens (tertiary/aromatic N) is 4. The van der Waals surface area contributed by atoms with E-state index < -0.39 is 6.10 Å². The molecule has 0 unspecified atom stereocenters. The van der Waals surface area contributed by atoms with E-state index in [1.807, 2.05) is 6.07 Å². The molecule has 1 aromatic heterocycles. The second-order valence-corrected chi connectivity index (χ2v) is 9.93. The van der Waals surface area contributed by atoms with E-state index in [0.29, 0.717) is 18.1 Å². The second-order valence-electron chi connectivity index (χ2n) is 9.93. The molecule has 1 aromatic carbocycles. The van der Waals surface area contributed by atoms with E-state index >= 15 is 0 Å². The highest BCUT2D eigenvalue weighted by Crippen LogP contribution is 2.22. The van der Waals surface area contributed by atoms with Gasteiger partial charge in [0.25, 0.3) is 11.8 Å². The molecule has 11 nitrogen and oxygen atoms in total. The monoisotopic (exact) mass is 523 g/mol. The molecule has 204 valence electrons. The third-order valence-electron chi connectivity index (χ3n) is 7.05. The van der Waals surface area contributed by atoms with Crippen LogP contribution in [0.3, 0.4) is 0 Å². The fourth-order valence-electron chi connectivity index (χ4n) is 4.99. The summed E-state index contributed by atoms with van der Waals surface area (Å²) in [6.07, 6.45) is 5.00. The maximum atomic E-state index is 12.7. The fourth-order valence-corrected chi connectivity index (χ4v) is 4.99. The van der Waals surface area contributed by atoms with Crippen molar-refractivity contribution in [2.75, 3.05) is 32.1 Å². The van der Waals surface area contributed by atoms with Crippen LogP contribution in [0.1, 0.15) is 54.2 Å². The van der Waals surface area contributed by atoms with Gasteiger partial charge in [-0.05, 0) is 50.2 Å². The molecule has 0 saturated heterocycles. The number of aromatic nitrogens is 2. The lowest BCUT2D eigenvalue weighted by molar-refractivity contribution is -0.115. The Bertz CT molecular complexity index is 1130. The summed E-state index contributed by atoms with van der Waals surface area (Å²) in [6.45, 7) is 3.95. The Balaban J connectivity index is 1.19. The van der Waals surface area contributed by atoms with Gasteiger partial charge in [0, 0.05) is 44.3 Å². The van der Waals surface area contributed by atoms with Crippen molar-refractivity contribution < 1.29 is 19.5 Å². The maximum absolute atomic E-state index is 12.7. The molecule has 2 aromatic rings. The summed E-state index contributed by atoms with van der Waals surface area (Å²) >= 11 is 0. The number of carbonyl (C=O) groups excluding carboxylic acids is 2. The molecule has 0 radical (unpaired) electrons. The number of amides is 2. The maximum Gasteiger partial charge on any atom is 0.270 e. The van der Waals surface area contributed by atoms with E-state index in [4.69, 9.17) is 0 Å². The predicted octanol–water partition coefficient (Wildman–Crippen LogP) is 1.49. The van der Waals surface area contributed by atoms with Crippen molar-refractivity contribution in [3.05, 3.63) is 53.5 Å². The van der Waals surface area contributed by atoms with E-state index in [9.17, 15) is 14.7 Å². The van der Waals surface area contributed by atoms with Crippen LogP contribution in [0.2, 0.25) is 0 Å². The molecule has 0 bridgehead atoms. The molecule has 1 aliphatic carbocycles. The van der Waals surface area contributed by atoms with Gasteiger partial charge >= 0.3 is 0 Å². The molecule has 2 amide bonds. The number of oxime groups is 1. The van der Waals surface area contributed by atoms with Gasteiger partial charge in [0.05, 0.1) is 6.10 Å². The zero-order valence-electron chi connectivity index (χ0n) is 22.0. The van der Waals surface area contributed by atoms with Crippen molar-refractivity contribution in [2.24, 2.45) is 5.16 Å². The summed E-state index contributed by atoms with van der Waals surface area (Å²) in [6, 6.07) is 10.3. The number of hydrogen-bond acceptors (Lipinski definition) is 9. The second kappa shape index (κ2) is 13.3. The average Bonchev–Trinajstić information content (AvgIpc) is 2.93. The Morgan fingerprint density at radius 3 is 2.66 bits per heavy atom. The Morgan fingerprint density at radius 2 is 1.89 bits per heavy atom. The van der Waals surface area contributed by atoms with Crippen LogP contribution in [-0.4, -0.2) is 82.4 Å². The standard InChI is InChI=1S/C27H37N7O4/c1-18(33-38-2)26(36)32-22-9-7-21(8-10-22)31-25-13-24(29-17-30-25)27(37)28-14-23(35)16-34-12-11-19-5-3-4-6-20(19)15-34/h3-6,13,17,21-23,35H,7-12,14-16H2,1-2H3,(H,28,37)(H,32,36)(H,29,30,31)/b33-18-/t21?,22?,23-/m0/s1. The summed E-state index contributed by atoms with van der Waals surface area (Å²) in [5.74, 6) is 0.00679. The molecule has 2 heterocycles. The summed E-state index contributed by atoms with van der Waals surface area (Å²) in [7, 11) is 1.41. The molecular weight excluding hydrogens is 486 g/mol. The number of nitrogens with one attached hydrogen (secondary N) is 3. The normalized spacial score (nSPS) is 20.7. The van der Waals surface area contributed by atoms with Crippen molar-refractivity contribution in [2.45, 2.75) is 63.8 Å². The number of β-amino-alcohol motifs (C(OH)–C–C–N with tert-alkyl or cyclic N) is 1. The Kier molecular flexibility index (Phi) is 9.61. The first-order valence-electron chi connectivity index (χ1n) is 13.1. The molecule has 1 saturated carbocycles. The molecule has 11 heteroatoms. The SMILES string of the molecule is CO/N=C(/C)C(=O)NC1CCC(Nc2cc(C(=O)NC[C@H](O)CN3CCc4ccccc4C3)ncn2)CC1. The average molecular weight is 524 g/mol. The highest BCUT2D eigenvalue weighted by Gasteiger charge is 2.24. The number of hydrogen-bond donors (Lipinski definition) is 4. The van der Waals surface area contributed by atoms with E-state index in [0.717, 1.165) is 45.2 Å². The lowest BCUT2D eigenvalue weighted by Gasteiger charge is -2.30. The molecule has 1 fully saturated rings. The van der Waals surface area contributed by atoms with Crippen LogP contribution >= 0.6 is 0 Å². The van der Waals surface area contributed by atoms with E-state index in [2.05, 4.69) is 59.0 Å². The van der Waals surface area contributed by atoms with Crippen molar-refractivity contribution in [3.63, 3.8) is 0 Å². The molecule has 0 spiro atoms. The number of fused-ring (bicyclic) bond motifs is 1. The molecule has 1 atom stereocenters. The van der Waals surface area contributed by atoms with E-state index in [-0.39, 0.29) is 36.1 Å². The predicted molar refractivity (Wildman–Crippen MR) is 144 cm³/mol. The third kappa shape index (κ3) is 7.72. The lowest BCUT2D eigenvalue weighted by atomic mass is 9.91. The van der Waals surface area contributed by atoms with Crippen LogP contribution in [0.15, 0.2) is 41.8 Å². The zero-order chi connectivity index (χ0) is 26.9. The minimum Gasteiger partial charge on any atom is -0.399 e. The highest BCUT2D eigenvalue weighted by atomic mass is 16.6. The summed E-state index contributed by atoms with van der Waals surface area (Å²) < 4.78 is 0. The van der Waals surface area contributed by atoms with Crippen LogP contribution < -0.4 is 16.0 Å². The number of aliphatic hydroxyl groups is 1. The Hall–Kier alpha value is -3.57. The molecule has 38 heavy (non-hydrogen) atoms. The van der Waals surface area contributed by atoms with Crippen LogP contribution in [-0.2, 0) is 22.6 Å². The van der Waals surface area contributed by atoms with Gasteiger partial charge in [-0.3, -0.25) is 14.5 Å². The number of rotatable bonds is 10. The van der Waals surface area contributed by atoms with Crippen molar-refractivity contribution in [3.8, 4) is 0 Å². The van der Waals surface area contributed by atoms with Gasteiger partial charge in [-0.1, -0.05) is 29.4 Å². The van der Waals surface area contributed by atoms with Gasteiger partial charge in [0.1, 0.15) is 30.7 Å².